The van der Waals surface area contributed by atoms with E-state index in [1.807, 2.05) is 4.90 Å². The minimum atomic E-state index is -1.15. The minimum Gasteiger partial charge on any atom is -0.449 e. The molecule has 2 heterocycles. The second-order valence-corrected chi connectivity index (χ2v) is 7.24. The number of hydrogen-bond donors (Lipinski definition) is 3. The Kier molecular flexibility index (Phi) is 5.53. The first-order valence-corrected chi connectivity index (χ1v) is 9.30. The number of benzene rings is 1. The summed E-state index contributed by atoms with van der Waals surface area (Å²) in [6.07, 6.45) is 0.601. The highest BCUT2D eigenvalue weighted by molar-refractivity contribution is 6.06. The Morgan fingerprint density at radius 1 is 1.25 bits per heavy atom. The third-order valence-corrected chi connectivity index (χ3v) is 4.66. The van der Waals surface area contributed by atoms with Crippen LogP contribution in [0.5, 0.6) is 0 Å². The number of nitrogens with one attached hydrogen (secondary N) is 3. The van der Waals surface area contributed by atoms with Gasteiger partial charge in [-0.05, 0) is 51.8 Å². The molecule has 2 aliphatic heterocycles. The lowest BCUT2D eigenvalue weighted by atomic mass is 10.1. The van der Waals surface area contributed by atoms with Crippen molar-refractivity contribution in [3.63, 3.8) is 0 Å². The van der Waals surface area contributed by atoms with Crippen molar-refractivity contribution in [1.82, 2.24) is 10.6 Å². The van der Waals surface area contributed by atoms with E-state index in [1.165, 1.54) is 6.92 Å². The maximum Gasteiger partial charge on any atom is 0.338 e. The number of fused-ring (bicyclic) bond motifs is 3. The van der Waals surface area contributed by atoms with Crippen LogP contribution in [-0.4, -0.2) is 48.5 Å². The average molecular weight is 388 g/mol. The van der Waals surface area contributed by atoms with E-state index in [2.05, 4.69) is 16.0 Å². The van der Waals surface area contributed by atoms with Gasteiger partial charge in [0.15, 0.2) is 6.10 Å². The van der Waals surface area contributed by atoms with Crippen molar-refractivity contribution in [3.8, 4) is 0 Å². The topological polar surface area (TPSA) is 117 Å². The van der Waals surface area contributed by atoms with E-state index < -0.39 is 24.0 Å². The third-order valence-electron chi connectivity index (χ3n) is 4.66. The lowest BCUT2D eigenvalue weighted by Gasteiger charge is -2.33. The van der Waals surface area contributed by atoms with Crippen LogP contribution in [0.25, 0.3) is 0 Å². The van der Waals surface area contributed by atoms with Crippen LogP contribution in [0.3, 0.4) is 0 Å². The number of ether oxygens (including phenoxy) is 1. The molecule has 3 N–H and O–H groups in total. The molecule has 0 bridgehead atoms. The standard InChI is InChI=1S/C19H24N4O5/c1-10(2)20-19(27)22-16(24)11(3)28-18(26)12-6-7-14-13(9-12)21-17(25)15-5-4-8-23(14)15/h6-7,9-11,15H,4-5,8H2,1-3H3,(H,21,25)(H2,20,22,24,27)/t11-,15-/m0/s1. The van der Waals surface area contributed by atoms with Gasteiger partial charge in [0.25, 0.3) is 5.91 Å². The first-order chi connectivity index (χ1) is 13.3. The van der Waals surface area contributed by atoms with Crippen LogP contribution in [0.4, 0.5) is 16.2 Å². The summed E-state index contributed by atoms with van der Waals surface area (Å²) in [6, 6.07) is 3.96. The van der Waals surface area contributed by atoms with Gasteiger partial charge in [-0.2, -0.15) is 0 Å². The van der Waals surface area contributed by atoms with Gasteiger partial charge < -0.3 is 20.3 Å². The van der Waals surface area contributed by atoms with Gasteiger partial charge in [-0.3, -0.25) is 14.9 Å². The highest BCUT2D eigenvalue weighted by Gasteiger charge is 2.36. The Bertz CT molecular complexity index is 823. The molecule has 3 rings (SSSR count). The number of hydrogen-bond acceptors (Lipinski definition) is 6. The fraction of sp³-hybridized carbons (Fsp3) is 0.474. The zero-order valence-electron chi connectivity index (χ0n) is 16.1. The summed E-state index contributed by atoms with van der Waals surface area (Å²) in [6.45, 7) is 5.69. The van der Waals surface area contributed by atoms with E-state index in [9.17, 15) is 19.2 Å². The average Bonchev–Trinajstić information content (AvgIpc) is 3.11. The lowest BCUT2D eigenvalue weighted by molar-refractivity contribution is -0.127. The Balaban J connectivity index is 1.65. The number of urea groups is 1. The summed E-state index contributed by atoms with van der Waals surface area (Å²) in [5.41, 5.74) is 1.63. The van der Waals surface area contributed by atoms with Crippen molar-refractivity contribution in [1.29, 1.82) is 0 Å². The van der Waals surface area contributed by atoms with Crippen LogP contribution in [0.1, 0.15) is 44.0 Å². The molecule has 0 aliphatic carbocycles. The molecule has 2 aliphatic rings. The lowest BCUT2D eigenvalue weighted by Crippen LogP contribution is -2.46. The van der Waals surface area contributed by atoms with E-state index in [0.717, 1.165) is 25.1 Å². The summed E-state index contributed by atoms with van der Waals surface area (Å²) >= 11 is 0. The molecule has 2 atom stereocenters. The SMILES string of the molecule is CC(C)NC(=O)NC(=O)[C@H](C)OC(=O)c1ccc2c(c1)NC(=O)[C@@H]1CCCN21. The zero-order valence-corrected chi connectivity index (χ0v) is 16.1. The predicted molar refractivity (Wildman–Crippen MR) is 102 cm³/mol. The number of nitrogens with zero attached hydrogens (tertiary/aromatic N) is 1. The molecule has 1 aromatic rings. The van der Waals surface area contributed by atoms with Gasteiger partial charge in [0.1, 0.15) is 6.04 Å². The van der Waals surface area contributed by atoms with E-state index in [1.54, 1.807) is 32.0 Å². The van der Waals surface area contributed by atoms with Gasteiger partial charge in [0.05, 0.1) is 16.9 Å². The molecule has 28 heavy (non-hydrogen) atoms. The van der Waals surface area contributed by atoms with E-state index in [4.69, 9.17) is 4.74 Å². The maximum absolute atomic E-state index is 12.4. The Morgan fingerprint density at radius 2 is 2.00 bits per heavy atom. The molecule has 1 saturated heterocycles. The Labute approximate surface area is 162 Å². The molecular weight excluding hydrogens is 364 g/mol. The number of carbonyl (C=O) groups is 4. The Morgan fingerprint density at radius 3 is 2.71 bits per heavy atom. The number of amides is 4. The molecule has 1 fully saturated rings. The minimum absolute atomic E-state index is 0.0839. The molecule has 0 aromatic heterocycles. The second kappa shape index (κ2) is 7.87. The number of carbonyl (C=O) groups excluding carboxylic acids is 4. The van der Waals surface area contributed by atoms with Gasteiger partial charge in [0.2, 0.25) is 5.91 Å². The second-order valence-electron chi connectivity index (χ2n) is 7.24. The van der Waals surface area contributed by atoms with E-state index in [0.29, 0.717) is 5.69 Å². The molecule has 9 heteroatoms. The van der Waals surface area contributed by atoms with Gasteiger partial charge in [-0.25, -0.2) is 9.59 Å². The van der Waals surface area contributed by atoms with Crippen LogP contribution in [0.2, 0.25) is 0 Å². The summed E-state index contributed by atoms with van der Waals surface area (Å²) in [5, 5.41) is 7.46. The largest absolute Gasteiger partial charge is 0.449 e. The van der Waals surface area contributed by atoms with Gasteiger partial charge in [-0.15, -0.1) is 0 Å². The summed E-state index contributed by atoms with van der Waals surface area (Å²) in [5.74, 6) is -1.52. The van der Waals surface area contributed by atoms with Gasteiger partial charge in [-0.1, -0.05) is 0 Å². The quantitative estimate of drug-likeness (QED) is 0.671. The monoisotopic (exact) mass is 388 g/mol. The fourth-order valence-corrected chi connectivity index (χ4v) is 3.35. The van der Waals surface area contributed by atoms with Crippen LogP contribution < -0.4 is 20.9 Å². The van der Waals surface area contributed by atoms with Crippen LogP contribution in [-0.2, 0) is 14.3 Å². The number of esters is 1. The van der Waals surface area contributed by atoms with Crippen molar-refractivity contribution in [2.45, 2.75) is 51.8 Å². The fourth-order valence-electron chi connectivity index (χ4n) is 3.35. The predicted octanol–water partition coefficient (Wildman–Crippen LogP) is 1.39. The molecule has 0 saturated carbocycles. The maximum atomic E-state index is 12.4. The van der Waals surface area contributed by atoms with Crippen LogP contribution >= 0.6 is 0 Å². The van der Waals surface area contributed by atoms with Gasteiger partial charge in [0, 0.05) is 12.6 Å². The molecule has 9 nitrogen and oxygen atoms in total. The first kappa shape index (κ1) is 19.7. The van der Waals surface area contributed by atoms with Crippen LogP contribution in [0.15, 0.2) is 18.2 Å². The Hall–Kier alpha value is -3.10. The summed E-state index contributed by atoms with van der Waals surface area (Å²) in [7, 11) is 0. The number of anilines is 2. The first-order valence-electron chi connectivity index (χ1n) is 9.30. The number of rotatable bonds is 4. The molecule has 0 radical (unpaired) electrons. The molecule has 0 spiro atoms. The number of imide groups is 1. The van der Waals surface area contributed by atoms with Crippen LogP contribution in [0, 0.1) is 0 Å². The van der Waals surface area contributed by atoms with Crippen molar-refractivity contribution in [3.05, 3.63) is 23.8 Å². The molecule has 0 unspecified atom stereocenters. The highest BCUT2D eigenvalue weighted by atomic mass is 16.5. The summed E-state index contributed by atoms with van der Waals surface area (Å²) < 4.78 is 5.15. The smallest absolute Gasteiger partial charge is 0.338 e. The highest BCUT2D eigenvalue weighted by Crippen LogP contribution is 2.37. The molecular formula is C19H24N4O5. The molecule has 1 aromatic carbocycles. The van der Waals surface area contributed by atoms with Gasteiger partial charge >= 0.3 is 12.0 Å². The third kappa shape index (κ3) is 4.08. The van der Waals surface area contributed by atoms with Crippen molar-refractivity contribution < 1.29 is 23.9 Å². The van der Waals surface area contributed by atoms with Crippen molar-refractivity contribution in [2.75, 3.05) is 16.8 Å². The van der Waals surface area contributed by atoms with E-state index in [-0.39, 0.29) is 23.6 Å². The van der Waals surface area contributed by atoms with Crippen molar-refractivity contribution >= 4 is 35.2 Å². The zero-order chi connectivity index (χ0) is 20.4. The van der Waals surface area contributed by atoms with Crippen molar-refractivity contribution in [2.24, 2.45) is 0 Å². The normalized spacial score (nSPS) is 18.6. The summed E-state index contributed by atoms with van der Waals surface area (Å²) in [4.78, 5) is 50.2. The molecule has 150 valence electrons. The molecule has 4 amide bonds. The van der Waals surface area contributed by atoms with E-state index >= 15 is 0 Å².